The molecule has 0 aliphatic heterocycles. The van der Waals surface area contributed by atoms with Gasteiger partial charge in [0, 0.05) is 9.35 Å². The summed E-state index contributed by atoms with van der Waals surface area (Å²) in [6.07, 6.45) is 3.34. The quantitative estimate of drug-likeness (QED) is 0.931. The third-order valence-electron chi connectivity index (χ3n) is 3.21. The highest BCUT2D eigenvalue weighted by Crippen LogP contribution is 2.37. The number of halogens is 1. The summed E-state index contributed by atoms with van der Waals surface area (Å²) in [6, 6.07) is 4.16. The Hall–Kier alpha value is -0.860. The Morgan fingerprint density at radius 2 is 2.29 bits per heavy atom. The van der Waals surface area contributed by atoms with Gasteiger partial charge in [-0.15, -0.1) is 11.3 Å². The van der Waals surface area contributed by atoms with Crippen LogP contribution in [0.3, 0.4) is 0 Å². The number of amides is 1. The molecule has 0 unspecified atom stereocenters. The number of hydrogen-bond donors (Lipinski definition) is 1. The summed E-state index contributed by atoms with van der Waals surface area (Å²) in [5.41, 5.74) is -0.774. The first-order valence-corrected chi connectivity index (χ1v) is 7.27. The molecule has 1 aromatic rings. The molecule has 0 spiro atoms. The van der Waals surface area contributed by atoms with Crippen molar-refractivity contribution < 1.29 is 4.79 Å². The van der Waals surface area contributed by atoms with Crippen molar-refractivity contribution in [2.24, 2.45) is 5.41 Å². The van der Waals surface area contributed by atoms with Gasteiger partial charge in [0.05, 0.1) is 12.6 Å². The predicted molar refractivity (Wildman–Crippen MR) is 70.4 cm³/mol. The summed E-state index contributed by atoms with van der Waals surface area (Å²) >= 11 is 5.02. The van der Waals surface area contributed by atoms with Crippen molar-refractivity contribution in [1.29, 1.82) is 5.26 Å². The Morgan fingerprint density at radius 1 is 1.59 bits per heavy atom. The number of carbonyl (C=O) groups excluding carboxylic acids is 1. The number of carbonyl (C=O) groups is 1. The van der Waals surface area contributed by atoms with E-state index >= 15 is 0 Å². The molecule has 0 saturated heterocycles. The molecular weight excluding hydrogens is 300 g/mol. The fourth-order valence-corrected chi connectivity index (χ4v) is 3.58. The van der Waals surface area contributed by atoms with E-state index in [0.29, 0.717) is 19.4 Å². The van der Waals surface area contributed by atoms with Gasteiger partial charge < -0.3 is 5.32 Å². The lowest BCUT2D eigenvalue weighted by Gasteiger charge is -2.18. The molecule has 1 aromatic heterocycles. The van der Waals surface area contributed by atoms with E-state index in [1.54, 1.807) is 11.3 Å². The SMILES string of the molecule is N#CC1(C(=O)NCc2sccc2Br)CCCC1. The average molecular weight is 313 g/mol. The van der Waals surface area contributed by atoms with Crippen LogP contribution >= 0.6 is 27.3 Å². The summed E-state index contributed by atoms with van der Waals surface area (Å²) in [5, 5.41) is 14.0. The Bertz CT molecular complexity index is 457. The average Bonchev–Trinajstić information content (AvgIpc) is 2.95. The molecule has 0 aromatic carbocycles. The predicted octanol–water partition coefficient (Wildman–Crippen LogP) is 3.21. The van der Waals surface area contributed by atoms with Gasteiger partial charge in [-0.05, 0) is 40.2 Å². The highest BCUT2D eigenvalue weighted by Gasteiger charge is 2.41. The lowest BCUT2D eigenvalue weighted by atomic mass is 9.87. The summed E-state index contributed by atoms with van der Waals surface area (Å²) in [4.78, 5) is 13.1. The molecule has 0 bridgehead atoms. The van der Waals surface area contributed by atoms with Gasteiger partial charge in [0.25, 0.3) is 0 Å². The number of nitrogens with zero attached hydrogens (tertiary/aromatic N) is 1. The molecule has 0 atom stereocenters. The van der Waals surface area contributed by atoms with Crippen LogP contribution in [0.1, 0.15) is 30.6 Å². The topological polar surface area (TPSA) is 52.9 Å². The van der Waals surface area contributed by atoms with Crippen LogP contribution in [0, 0.1) is 16.7 Å². The maximum Gasteiger partial charge on any atom is 0.240 e. The molecule has 3 nitrogen and oxygen atoms in total. The number of nitriles is 1. The molecule has 2 rings (SSSR count). The molecule has 17 heavy (non-hydrogen) atoms. The molecule has 90 valence electrons. The summed E-state index contributed by atoms with van der Waals surface area (Å²) in [5.74, 6) is -0.113. The van der Waals surface area contributed by atoms with Crippen LogP contribution in [0.25, 0.3) is 0 Å². The largest absolute Gasteiger partial charge is 0.350 e. The van der Waals surface area contributed by atoms with Gasteiger partial charge in [0.15, 0.2) is 0 Å². The Labute approximate surface area is 113 Å². The van der Waals surface area contributed by atoms with Gasteiger partial charge in [-0.1, -0.05) is 12.8 Å². The zero-order valence-electron chi connectivity index (χ0n) is 9.33. The molecule has 1 N–H and O–H groups in total. The molecule has 1 aliphatic rings. The van der Waals surface area contributed by atoms with Crippen LogP contribution in [-0.4, -0.2) is 5.91 Å². The van der Waals surface area contributed by atoms with Gasteiger partial charge >= 0.3 is 0 Å². The van der Waals surface area contributed by atoms with Crippen molar-refractivity contribution in [3.8, 4) is 6.07 Å². The van der Waals surface area contributed by atoms with Crippen molar-refractivity contribution >= 4 is 33.2 Å². The minimum absolute atomic E-state index is 0.113. The molecule has 0 radical (unpaired) electrons. The second-order valence-corrected chi connectivity index (χ2v) is 6.13. The minimum atomic E-state index is -0.774. The fraction of sp³-hybridized carbons (Fsp3) is 0.500. The first kappa shape index (κ1) is 12.6. The number of hydrogen-bond acceptors (Lipinski definition) is 3. The van der Waals surface area contributed by atoms with E-state index in [9.17, 15) is 10.1 Å². The summed E-state index contributed by atoms with van der Waals surface area (Å²) < 4.78 is 1.01. The van der Waals surface area contributed by atoms with Crippen LogP contribution < -0.4 is 5.32 Å². The van der Waals surface area contributed by atoms with E-state index in [4.69, 9.17) is 0 Å². The van der Waals surface area contributed by atoms with E-state index in [-0.39, 0.29) is 5.91 Å². The first-order valence-electron chi connectivity index (χ1n) is 5.59. The van der Waals surface area contributed by atoms with E-state index < -0.39 is 5.41 Å². The standard InChI is InChI=1S/C12H13BrN2OS/c13-9-3-6-17-10(9)7-15-11(16)12(8-14)4-1-2-5-12/h3,6H,1-2,4-5,7H2,(H,15,16). The van der Waals surface area contributed by atoms with Crippen molar-refractivity contribution in [1.82, 2.24) is 5.32 Å². The minimum Gasteiger partial charge on any atom is -0.350 e. The van der Waals surface area contributed by atoms with Crippen molar-refractivity contribution in [2.45, 2.75) is 32.2 Å². The zero-order chi connectivity index (χ0) is 12.3. The first-order chi connectivity index (χ1) is 8.18. The van der Waals surface area contributed by atoms with Crippen LogP contribution in [0.15, 0.2) is 15.9 Å². The van der Waals surface area contributed by atoms with Crippen molar-refractivity contribution in [3.05, 3.63) is 20.8 Å². The van der Waals surface area contributed by atoms with E-state index in [0.717, 1.165) is 22.2 Å². The van der Waals surface area contributed by atoms with Crippen LogP contribution in [0.2, 0.25) is 0 Å². The molecule has 1 heterocycles. The third-order valence-corrected chi connectivity index (χ3v) is 5.13. The monoisotopic (exact) mass is 312 g/mol. The lowest BCUT2D eigenvalue weighted by molar-refractivity contribution is -0.128. The highest BCUT2D eigenvalue weighted by molar-refractivity contribution is 9.10. The highest BCUT2D eigenvalue weighted by atomic mass is 79.9. The Balaban J connectivity index is 1.98. The van der Waals surface area contributed by atoms with Crippen LogP contribution in [0.5, 0.6) is 0 Å². The summed E-state index contributed by atoms with van der Waals surface area (Å²) in [6.45, 7) is 0.501. The van der Waals surface area contributed by atoms with Gasteiger partial charge in [-0.3, -0.25) is 4.79 Å². The maximum atomic E-state index is 12.1. The summed E-state index contributed by atoms with van der Waals surface area (Å²) in [7, 11) is 0. The molecule has 5 heteroatoms. The van der Waals surface area contributed by atoms with E-state index in [1.807, 2.05) is 11.4 Å². The smallest absolute Gasteiger partial charge is 0.240 e. The van der Waals surface area contributed by atoms with Gasteiger partial charge in [0.1, 0.15) is 5.41 Å². The normalized spacial score (nSPS) is 17.6. The van der Waals surface area contributed by atoms with Gasteiger partial charge in [-0.2, -0.15) is 5.26 Å². The van der Waals surface area contributed by atoms with Gasteiger partial charge in [0.2, 0.25) is 5.91 Å². The third kappa shape index (κ3) is 2.53. The fourth-order valence-electron chi connectivity index (χ4n) is 2.15. The number of rotatable bonds is 3. The molecular formula is C12H13BrN2OS. The molecule has 1 saturated carbocycles. The second-order valence-electron chi connectivity index (χ2n) is 4.28. The molecule has 1 aliphatic carbocycles. The lowest BCUT2D eigenvalue weighted by Crippen LogP contribution is -2.37. The molecule has 1 amide bonds. The maximum absolute atomic E-state index is 12.1. The van der Waals surface area contributed by atoms with Crippen molar-refractivity contribution in [2.75, 3.05) is 0 Å². The van der Waals surface area contributed by atoms with Crippen LogP contribution in [-0.2, 0) is 11.3 Å². The second kappa shape index (κ2) is 5.19. The zero-order valence-corrected chi connectivity index (χ0v) is 11.7. The van der Waals surface area contributed by atoms with Crippen molar-refractivity contribution in [3.63, 3.8) is 0 Å². The van der Waals surface area contributed by atoms with E-state index in [1.165, 1.54) is 0 Å². The number of thiophene rings is 1. The molecule has 1 fully saturated rings. The Morgan fingerprint density at radius 3 is 2.82 bits per heavy atom. The Kier molecular flexibility index (Phi) is 3.85. The number of nitrogens with one attached hydrogen (secondary N) is 1. The van der Waals surface area contributed by atoms with Crippen LogP contribution in [0.4, 0.5) is 0 Å². The van der Waals surface area contributed by atoms with E-state index in [2.05, 4.69) is 27.3 Å². The van der Waals surface area contributed by atoms with Gasteiger partial charge in [-0.25, -0.2) is 0 Å².